The van der Waals surface area contributed by atoms with Gasteiger partial charge < -0.3 is 38.6 Å². The van der Waals surface area contributed by atoms with Crippen molar-refractivity contribution in [1.82, 2.24) is 19.4 Å². The number of likely N-dealkylation sites (N-methyl/N-ethyl adjacent to an activating group) is 1. The Morgan fingerprint density at radius 3 is 2.29 bits per heavy atom. The van der Waals surface area contributed by atoms with Crippen molar-refractivity contribution >= 4 is 22.9 Å². The fourth-order valence-electron chi connectivity index (χ4n) is 6.55. The second-order valence-corrected chi connectivity index (χ2v) is 12.8. The number of fused-ring (bicyclic) bond motifs is 1. The van der Waals surface area contributed by atoms with Gasteiger partial charge in [0.2, 0.25) is 11.7 Å². The highest BCUT2D eigenvalue weighted by atomic mass is 19.4. The third-order valence-electron chi connectivity index (χ3n) is 9.26. The molecule has 3 aromatic carbocycles. The second kappa shape index (κ2) is 17.3. The fraction of sp³-hybridized carbons (Fsp3) is 0.459. The molecule has 1 aliphatic rings. The molecule has 5 rings (SSSR count). The zero-order valence-electron chi connectivity index (χ0n) is 29.6. The topological polar surface area (TPSA) is 90.3 Å². The molecule has 0 radical (unpaired) electrons. The van der Waals surface area contributed by atoms with E-state index in [0.717, 1.165) is 43.0 Å². The molecule has 1 saturated heterocycles. The number of imidazole rings is 1. The van der Waals surface area contributed by atoms with E-state index in [1.807, 2.05) is 28.8 Å². The van der Waals surface area contributed by atoms with E-state index in [0.29, 0.717) is 47.3 Å². The Hall–Kier alpha value is -4.63. The quantitative estimate of drug-likeness (QED) is 0.100. The number of methoxy groups -OCH3 is 3. The number of carbonyl (C=O) groups excluding carboxylic acids is 1. The average Bonchev–Trinajstić information content (AvgIpc) is 3.48. The van der Waals surface area contributed by atoms with Gasteiger partial charge in [-0.05, 0) is 67.8 Å². The van der Waals surface area contributed by atoms with Gasteiger partial charge in [0.15, 0.2) is 23.1 Å². The lowest BCUT2D eigenvalue weighted by Crippen LogP contribution is -2.40. The maximum Gasteiger partial charge on any atom is 0.411 e. The number of nitrogens with one attached hydrogen (secondary N) is 1. The minimum absolute atomic E-state index is 0.0760. The molecule has 4 aromatic rings. The molecule has 1 atom stereocenters. The Balaban J connectivity index is 1.22. The normalized spacial score (nSPS) is 14.7. The van der Waals surface area contributed by atoms with Crippen molar-refractivity contribution in [3.63, 3.8) is 0 Å². The first-order valence-electron chi connectivity index (χ1n) is 17.0. The van der Waals surface area contributed by atoms with E-state index in [2.05, 4.69) is 10.2 Å². The molecule has 15 heteroatoms. The molecule has 0 aliphatic carbocycles. The van der Waals surface area contributed by atoms with Crippen molar-refractivity contribution in [3.8, 4) is 17.2 Å². The number of benzene rings is 3. The van der Waals surface area contributed by atoms with E-state index in [-0.39, 0.29) is 37.6 Å². The predicted molar refractivity (Wildman–Crippen MR) is 186 cm³/mol. The third kappa shape index (κ3) is 9.62. The maximum atomic E-state index is 14.4. The largest absolute Gasteiger partial charge is 0.493 e. The number of hydrogen-bond acceptors (Lipinski definition) is 8. The summed E-state index contributed by atoms with van der Waals surface area (Å²) in [7, 11) is 6.06. The number of rotatable bonds is 16. The summed E-state index contributed by atoms with van der Waals surface area (Å²) in [4.78, 5) is 22.2. The van der Waals surface area contributed by atoms with Gasteiger partial charge >= 0.3 is 6.18 Å². The van der Waals surface area contributed by atoms with Gasteiger partial charge in [-0.3, -0.25) is 4.79 Å². The van der Waals surface area contributed by atoms with E-state index < -0.39 is 24.4 Å². The monoisotopic (exact) mass is 733 g/mol. The highest BCUT2D eigenvalue weighted by Crippen LogP contribution is 2.38. The zero-order valence-corrected chi connectivity index (χ0v) is 29.6. The fourth-order valence-corrected chi connectivity index (χ4v) is 6.55. The molecule has 1 fully saturated rings. The summed E-state index contributed by atoms with van der Waals surface area (Å²) in [6.45, 7) is 1.17. The summed E-state index contributed by atoms with van der Waals surface area (Å²) in [6, 6.07) is 14.5. The van der Waals surface area contributed by atoms with Gasteiger partial charge in [-0.2, -0.15) is 13.2 Å². The first-order chi connectivity index (χ1) is 24.9. The number of anilines is 1. The van der Waals surface area contributed by atoms with Crippen LogP contribution in [0, 0.1) is 11.6 Å². The molecule has 1 amide bonds. The number of likely N-dealkylation sites (tertiary alicyclic amines) is 1. The average molecular weight is 734 g/mol. The van der Waals surface area contributed by atoms with Crippen LogP contribution < -0.4 is 19.5 Å². The summed E-state index contributed by atoms with van der Waals surface area (Å²) < 4.78 is 89.1. The molecular formula is C37H44F5N5O5. The van der Waals surface area contributed by atoms with E-state index in [9.17, 15) is 26.7 Å². The number of amides is 1. The number of halogens is 5. The minimum Gasteiger partial charge on any atom is -0.493 e. The summed E-state index contributed by atoms with van der Waals surface area (Å²) >= 11 is 0. The van der Waals surface area contributed by atoms with Gasteiger partial charge in [-0.1, -0.05) is 18.2 Å². The zero-order chi connectivity index (χ0) is 37.4. The van der Waals surface area contributed by atoms with Gasteiger partial charge in [0.1, 0.15) is 6.61 Å². The highest BCUT2D eigenvalue weighted by molar-refractivity contribution is 5.95. The minimum atomic E-state index is -4.39. The van der Waals surface area contributed by atoms with Crippen LogP contribution in [0.1, 0.15) is 41.1 Å². The van der Waals surface area contributed by atoms with Gasteiger partial charge in [0.05, 0.1) is 39.0 Å². The van der Waals surface area contributed by atoms with E-state index >= 15 is 0 Å². The van der Waals surface area contributed by atoms with Gasteiger partial charge in [-0.15, -0.1) is 0 Å². The Kier molecular flexibility index (Phi) is 12.8. The SMILES string of the molecule is COc1cc(C(=O)N(C)CC(CCN2CCC(Nc3nc4ccccc4n3CCOCC(F)(F)F)CC2)c2ccc(F)c(F)c2)cc(OC)c1OC. The smallest absolute Gasteiger partial charge is 0.411 e. The van der Waals surface area contributed by atoms with Gasteiger partial charge in [-0.25, -0.2) is 13.8 Å². The molecule has 1 aromatic heterocycles. The van der Waals surface area contributed by atoms with E-state index in [1.54, 1.807) is 30.1 Å². The molecule has 282 valence electrons. The number of aromatic nitrogens is 2. The Labute approximate surface area is 299 Å². The highest BCUT2D eigenvalue weighted by Gasteiger charge is 2.28. The van der Waals surface area contributed by atoms with Crippen LogP contribution in [-0.4, -0.2) is 105 Å². The molecule has 1 unspecified atom stereocenters. The van der Waals surface area contributed by atoms with Crippen molar-refractivity contribution in [3.05, 3.63) is 77.4 Å². The number of hydrogen-bond donors (Lipinski definition) is 1. The summed E-state index contributed by atoms with van der Waals surface area (Å²) in [5.74, 6) is -0.906. The first-order valence-corrected chi connectivity index (χ1v) is 17.0. The number of ether oxygens (including phenoxy) is 4. The number of alkyl halides is 3. The lowest BCUT2D eigenvalue weighted by molar-refractivity contribution is -0.174. The lowest BCUT2D eigenvalue weighted by atomic mass is 9.93. The number of para-hydroxylation sites is 2. The van der Waals surface area contributed by atoms with E-state index in [1.165, 1.54) is 27.4 Å². The van der Waals surface area contributed by atoms with Crippen molar-refractivity contribution in [2.45, 2.75) is 43.9 Å². The van der Waals surface area contributed by atoms with Crippen LogP contribution in [0.3, 0.4) is 0 Å². The summed E-state index contributed by atoms with van der Waals surface area (Å²) in [6.07, 6.45) is -2.26. The molecule has 0 saturated carbocycles. The summed E-state index contributed by atoms with van der Waals surface area (Å²) in [5.41, 5.74) is 2.43. The standard InChI is InChI=1S/C37H44F5N5O5/c1-45(35(48)26-20-32(49-2)34(51-4)33(21-26)50-3)22-25(24-9-10-28(38)29(39)19-24)11-14-46-15-12-27(13-16-46)43-36-44-30-7-5-6-8-31(30)47(36)17-18-52-23-37(40,41)42/h5-10,19-21,25,27H,11-18,22-23H2,1-4H3,(H,43,44). The molecule has 0 spiro atoms. The van der Waals surface area contributed by atoms with Crippen LogP contribution in [0.5, 0.6) is 17.2 Å². The molecule has 10 nitrogen and oxygen atoms in total. The Bertz CT molecular complexity index is 1790. The lowest BCUT2D eigenvalue weighted by Gasteiger charge is -2.34. The molecule has 2 heterocycles. The summed E-state index contributed by atoms with van der Waals surface area (Å²) in [5, 5.41) is 3.50. The first kappa shape index (κ1) is 38.6. The van der Waals surface area contributed by atoms with E-state index in [4.69, 9.17) is 23.9 Å². The number of piperidine rings is 1. The molecule has 0 bridgehead atoms. The Morgan fingerprint density at radius 2 is 1.65 bits per heavy atom. The van der Waals surface area contributed by atoms with Crippen LogP contribution in [0.25, 0.3) is 11.0 Å². The van der Waals surface area contributed by atoms with Crippen LogP contribution in [0.15, 0.2) is 54.6 Å². The maximum absolute atomic E-state index is 14.4. The molecule has 1 aliphatic heterocycles. The van der Waals surface area contributed by atoms with Crippen LogP contribution in [0.2, 0.25) is 0 Å². The van der Waals surface area contributed by atoms with Crippen LogP contribution >= 0.6 is 0 Å². The number of carbonyl (C=O) groups is 1. The molecular weight excluding hydrogens is 689 g/mol. The van der Waals surface area contributed by atoms with Crippen molar-refractivity contribution < 1.29 is 45.7 Å². The Morgan fingerprint density at radius 1 is 0.962 bits per heavy atom. The molecule has 1 N–H and O–H groups in total. The van der Waals surface area contributed by atoms with Crippen LogP contribution in [-0.2, 0) is 11.3 Å². The van der Waals surface area contributed by atoms with Crippen molar-refractivity contribution in [1.29, 1.82) is 0 Å². The van der Waals surface area contributed by atoms with Crippen molar-refractivity contribution in [2.24, 2.45) is 0 Å². The predicted octanol–water partition coefficient (Wildman–Crippen LogP) is 6.74. The van der Waals surface area contributed by atoms with Gasteiger partial charge in [0.25, 0.3) is 5.91 Å². The molecule has 52 heavy (non-hydrogen) atoms. The number of nitrogens with zero attached hydrogens (tertiary/aromatic N) is 4. The second-order valence-electron chi connectivity index (χ2n) is 12.8. The third-order valence-corrected chi connectivity index (χ3v) is 9.26. The van der Waals surface area contributed by atoms with Crippen molar-refractivity contribution in [2.75, 3.05) is 73.1 Å². The van der Waals surface area contributed by atoms with Gasteiger partial charge in [0, 0.05) is 50.7 Å². The van der Waals surface area contributed by atoms with Crippen LogP contribution in [0.4, 0.5) is 27.9 Å².